The van der Waals surface area contributed by atoms with E-state index in [1.807, 2.05) is 0 Å². The Morgan fingerprint density at radius 2 is 1.89 bits per heavy atom. The van der Waals surface area contributed by atoms with Crippen molar-refractivity contribution in [3.63, 3.8) is 0 Å². The van der Waals surface area contributed by atoms with Crippen LogP contribution in [0.15, 0.2) is 54.9 Å². The zero-order chi connectivity index (χ0) is 18.4. The SMILES string of the molecule is CCn1c2ccccc2c2cc(CNc3c(O)cnc4[nH]ncc34)ccc21. The van der Waals surface area contributed by atoms with E-state index in [1.54, 1.807) is 6.20 Å². The topological polar surface area (TPSA) is 78.8 Å². The van der Waals surface area contributed by atoms with E-state index in [0.717, 1.165) is 17.5 Å². The molecule has 3 N–H and O–H groups in total. The Morgan fingerprint density at radius 1 is 1.04 bits per heavy atom. The summed E-state index contributed by atoms with van der Waals surface area (Å²) >= 11 is 0. The summed E-state index contributed by atoms with van der Waals surface area (Å²) in [5.74, 6) is 0.118. The number of H-pyrrole nitrogens is 1. The molecule has 6 heteroatoms. The molecule has 0 aliphatic heterocycles. The smallest absolute Gasteiger partial charge is 0.157 e. The molecule has 134 valence electrons. The van der Waals surface area contributed by atoms with E-state index in [0.29, 0.717) is 17.9 Å². The number of para-hydroxylation sites is 1. The highest BCUT2D eigenvalue weighted by Crippen LogP contribution is 2.32. The number of aromatic nitrogens is 4. The van der Waals surface area contributed by atoms with E-state index in [4.69, 9.17) is 0 Å². The molecule has 0 saturated heterocycles. The van der Waals surface area contributed by atoms with Gasteiger partial charge in [0.2, 0.25) is 0 Å². The van der Waals surface area contributed by atoms with Gasteiger partial charge in [-0.05, 0) is 30.7 Å². The number of fused-ring (bicyclic) bond motifs is 4. The molecule has 27 heavy (non-hydrogen) atoms. The van der Waals surface area contributed by atoms with Gasteiger partial charge in [0.05, 0.1) is 23.5 Å². The van der Waals surface area contributed by atoms with Crippen LogP contribution in [0.3, 0.4) is 0 Å². The highest BCUT2D eigenvalue weighted by Gasteiger charge is 2.12. The third-order valence-electron chi connectivity index (χ3n) is 5.08. The molecule has 3 aromatic heterocycles. The number of rotatable bonds is 4. The Labute approximate surface area is 155 Å². The van der Waals surface area contributed by atoms with E-state index in [-0.39, 0.29) is 5.75 Å². The van der Waals surface area contributed by atoms with Gasteiger partial charge in [-0.1, -0.05) is 24.3 Å². The monoisotopic (exact) mass is 357 g/mol. The van der Waals surface area contributed by atoms with Gasteiger partial charge in [-0.15, -0.1) is 0 Å². The van der Waals surface area contributed by atoms with Crippen LogP contribution < -0.4 is 5.32 Å². The summed E-state index contributed by atoms with van der Waals surface area (Å²) in [4.78, 5) is 4.13. The van der Waals surface area contributed by atoms with Gasteiger partial charge >= 0.3 is 0 Å². The van der Waals surface area contributed by atoms with Gasteiger partial charge in [-0.25, -0.2) is 4.98 Å². The number of aromatic hydroxyl groups is 1. The van der Waals surface area contributed by atoms with Crippen molar-refractivity contribution in [2.75, 3.05) is 5.32 Å². The number of aromatic amines is 1. The maximum Gasteiger partial charge on any atom is 0.157 e. The van der Waals surface area contributed by atoms with Crippen LogP contribution in [0.4, 0.5) is 5.69 Å². The molecule has 0 saturated carbocycles. The molecule has 0 unspecified atom stereocenters. The average molecular weight is 357 g/mol. The third kappa shape index (κ3) is 2.41. The van der Waals surface area contributed by atoms with Crippen LogP contribution in [-0.2, 0) is 13.1 Å². The van der Waals surface area contributed by atoms with Crippen LogP contribution in [0, 0.1) is 0 Å². The van der Waals surface area contributed by atoms with Crippen molar-refractivity contribution in [3.8, 4) is 5.75 Å². The van der Waals surface area contributed by atoms with E-state index in [1.165, 1.54) is 28.0 Å². The lowest BCUT2D eigenvalue weighted by Gasteiger charge is -2.10. The molecular weight excluding hydrogens is 338 g/mol. The van der Waals surface area contributed by atoms with Crippen molar-refractivity contribution in [1.82, 2.24) is 19.7 Å². The predicted molar refractivity (Wildman–Crippen MR) is 108 cm³/mol. The van der Waals surface area contributed by atoms with Crippen molar-refractivity contribution in [2.24, 2.45) is 0 Å². The maximum absolute atomic E-state index is 10.2. The van der Waals surface area contributed by atoms with Gasteiger partial charge in [0.1, 0.15) is 0 Å². The van der Waals surface area contributed by atoms with Crippen LogP contribution in [0.25, 0.3) is 32.8 Å². The number of pyridine rings is 1. The Kier molecular flexibility index (Phi) is 3.50. The van der Waals surface area contributed by atoms with Crippen molar-refractivity contribution in [1.29, 1.82) is 0 Å². The minimum absolute atomic E-state index is 0.118. The summed E-state index contributed by atoms with van der Waals surface area (Å²) in [6.07, 6.45) is 3.10. The molecule has 0 bridgehead atoms. The van der Waals surface area contributed by atoms with Gasteiger partial charge in [0.25, 0.3) is 0 Å². The van der Waals surface area contributed by atoms with Gasteiger partial charge in [-0.3, -0.25) is 5.10 Å². The lowest BCUT2D eigenvalue weighted by molar-refractivity contribution is 0.475. The largest absolute Gasteiger partial charge is 0.504 e. The first-order chi connectivity index (χ1) is 13.3. The summed E-state index contributed by atoms with van der Waals surface area (Å²) in [5.41, 5.74) is 4.94. The highest BCUT2D eigenvalue weighted by molar-refractivity contribution is 6.08. The number of anilines is 1. The quantitative estimate of drug-likeness (QED) is 0.445. The fourth-order valence-electron chi connectivity index (χ4n) is 3.82. The minimum atomic E-state index is 0.118. The molecule has 2 aromatic carbocycles. The number of benzene rings is 2. The van der Waals surface area contributed by atoms with Crippen LogP contribution >= 0.6 is 0 Å². The molecule has 5 aromatic rings. The van der Waals surface area contributed by atoms with Crippen LogP contribution in [0.2, 0.25) is 0 Å². The summed E-state index contributed by atoms with van der Waals surface area (Å²) in [6, 6.07) is 15.0. The molecule has 0 aliphatic carbocycles. The Balaban J connectivity index is 1.55. The zero-order valence-electron chi connectivity index (χ0n) is 14.9. The average Bonchev–Trinajstić information content (AvgIpc) is 3.29. The van der Waals surface area contributed by atoms with Gasteiger partial charge < -0.3 is 15.0 Å². The molecule has 0 spiro atoms. The number of hydrogen-bond donors (Lipinski definition) is 3. The maximum atomic E-state index is 10.2. The van der Waals surface area contributed by atoms with E-state index in [2.05, 4.69) is 74.5 Å². The van der Waals surface area contributed by atoms with Crippen LogP contribution in [0.1, 0.15) is 12.5 Å². The standard InChI is InChI=1S/C21H19N5O/c1-2-26-17-6-4-3-5-14(17)15-9-13(7-8-18(15)26)10-22-20-16-11-24-25-21(16)23-12-19(20)27/h3-9,11-12,27H,2,10H2,1H3,(H2,22,23,24,25). The summed E-state index contributed by atoms with van der Waals surface area (Å²) in [6.45, 7) is 3.70. The molecule has 3 heterocycles. The summed E-state index contributed by atoms with van der Waals surface area (Å²) in [7, 11) is 0. The van der Waals surface area contributed by atoms with Gasteiger partial charge in [-0.2, -0.15) is 5.10 Å². The molecule has 5 rings (SSSR count). The Hall–Kier alpha value is -3.54. The lowest BCUT2D eigenvalue weighted by Crippen LogP contribution is -2.01. The zero-order valence-corrected chi connectivity index (χ0v) is 14.9. The Bertz CT molecular complexity index is 1280. The lowest BCUT2D eigenvalue weighted by atomic mass is 10.1. The normalized spacial score (nSPS) is 11.6. The minimum Gasteiger partial charge on any atom is -0.504 e. The predicted octanol–water partition coefficient (Wildman–Crippen LogP) is 4.40. The first-order valence-corrected chi connectivity index (χ1v) is 9.01. The fourth-order valence-corrected chi connectivity index (χ4v) is 3.82. The van der Waals surface area contributed by atoms with E-state index < -0.39 is 0 Å². The van der Waals surface area contributed by atoms with Crippen molar-refractivity contribution in [2.45, 2.75) is 20.0 Å². The van der Waals surface area contributed by atoms with E-state index in [9.17, 15) is 5.11 Å². The van der Waals surface area contributed by atoms with Crippen LogP contribution in [-0.4, -0.2) is 24.9 Å². The second-order valence-corrected chi connectivity index (χ2v) is 6.62. The van der Waals surface area contributed by atoms with Crippen molar-refractivity contribution >= 4 is 38.5 Å². The Morgan fingerprint density at radius 3 is 2.78 bits per heavy atom. The molecule has 0 fully saturated rings. The highest BCUT2D eigenvalue weighted by atomic mass is 16.3. The van der Waals surface area contributed by atoms with Gasteiger partial charge in [0.15, 0.2) is 11.4 Å². The number of nitrogens with one attached hydrogen (secondary N) is 2. The second-order valence-electron chi connectivity index (χ2n) is 6.62. The molecule has 0 atom stereocenters. The molecule has 0 amide bonds. The van der Waals surface area contributed by atoms with Crippen LogP contribution in [0.5, 0.6) is 5.75 Å². The number of nitrogens with zero attached hydrogens (tertiary/aromatic N) is 3. The third-order valence-corrected chi connectivity index (χ3v) is 5.08. The fraction of sp³-hybridized carbons (Fsp3) is 0.143. The second kappa shape index (κ2) is 6.02. The van der Waals surface area contributed by atoms with E-state index >= 15 is 0 Å². The molecule has 6 nitrogen and oxygen atoms in total. The molecule has 0 radical (unpaired) electrons. The number of hydrogen-bond acceptors (Lipinski definition) is 4. The molecule has 0 aliphatic rings. The first-order valence-electron chi connectivity index (χ1n) is 9.01. The summed E-state index contributed by atoms with van der Waals surface area (Å²) < 4.78 is 2.34. The summed E-state index contributed by atoms with van der Waals surface area (Å²) in [5, 5.41) is 23.6. The van der Waals surface area contributed by atoms with Crippen molar-refractivity contribution in [3.05, 3.63) is 60.4 Å². The molecular formula is C21H19N5O. The first kappa shape index (κ1) is 15.7. The number of aryl methyl sites for hydroxylation is 1. The van der Waals surface area contributed by atoms with Crippen molar-refractivity contribution < 1.29 is 5.11 Å². The van der Waals surface area contributed by atoms with Gasteiger partial charge in [0, 0.05) is 34.9 Å².